The van der Waals surface area contributed by atoms with E-state index in [9.17, 15) is 9.18 Å². The van der Waals surface area contributed by atoms with Crippen LogP contribution in [0, 0.1) is 5.95 Å². The van der Waals surface area contributed by atoms with Gasteiger partial charge in [-0.1, -0.05) is 0 Å². The SMILES string of the molecule is CNCCCC(=O)c1cccnc1F. The lowest BCUT2D eigenvalue weighted by molar-refractivity contribution is 0.0975. The first-order valence-electron chi connectivity index (χ1n) is 4.54. The normalized spacial score (nSPS) is 10.1. The summed E-state index contributed by atoms with van der Waals surface area (Å²) in [5.41, 5.74) is 0.0867. The molecule has 0 saturated carbocycles. The van der Waals surface area contributed by atoms with E-state index >= 15 is 0 Å². The highest BCUT2D eigenvalue weighted by atomic mass is 19.1. The topological polar surface area (TPSA) is 42.0 Å². The number of nitrogens with one attached hydrogen (secondary N) is 1. The first-order chi connectivity index (χ1) is 6.75. The van der Waals surface area contributed by atoms with Crippen LogP contribution in [0.25, 0.3) is 0 Å². The molecule has 0 unspecified atom stereocenters. The van der Waals surface area contributed by atoms with Crippen LogP contribution in [0.3, 0.4) is 0 Å². The molecule has 0 fully saturated rings. The van der Waals surface area contributed by atoms with Crippen LogP contribution in [0.15, 0.2) is 18.3 Å². The Balaban J connectivity index is 2.56. The monoisotopic (exact) mass is 196 g/mol. The van der Waals surface area contributed by atoms with Gasteiger partial charge in [-0.25, -0.2) is 4.98 Å². The molecule has 1 aromatic rings. The molecular weight excluding hydrogens is 183 g/mol. The maximum absolute atomic E-state index is 13.0. The van der Waals surface area contributed by atoms with Crippen LogP contribution in [-0.4, -0.2) is 24.4 Å². The van der Waals surface area contributed by atoms with Gasteiger partial charge in [-0.05, 0) is 32.1 Å². The lowest BCUT2D eigenvalue weighted by Crippen LogP contribution is -2.11. The lowest BCUT2D eigenvalue weighted by atomic mass is 10.1. The number of aromatic nitrogens is 1. The van der Waals surface area contributed by atoms with Gasteiger partial charge in [0, 0.05) is 12.6 Å². The van der Waals surface area contributed by atoms with Crippen molar-refractivity contribution in [1.82, 2.24) is 10.3 Å². The molecule has 0 aromatic carbocycles. The zero-order chi connectivity index (χ0) is 10.4. The Labute approximate surface area is 82.4 Å². The van der Waals surface area contributed by atoms with Gasteiger partial charge in [0.25, 0.3) is 0 Å². The van der Waals surface area contributed by atoms with Gasteiger partial charge in [0.05, 0.1) is 5.56 Å². The summed E-state index contributed by atoms with van der Waals surface area (Å²) in [6, 6.07) is 3.03. The molecule has 0 bridgehead atoms. The third kappa shape index (κ3) is 2.88. The number of Topliss-reactive ketones (excluding diaryl/α,β-unsaturated/α-hetero) is 1. The summed E-state index contributed by atoms with van der Waals surface area (Å²) < 4.78 is 13.0. The molecule has 4 heteroatoms. The van der Waals surface area contributed by atoms with Gasteiger partial charge in [0.15, 0.2) is 5.78 Å². The smallest absolute Gasteiger partial charge is 0.223 e. The Kier molecular flexibility index (Phi) is 4.19. The third-order valence-electron chi connectivity index (χ3n) is 1.89. The number of rotatable bonds is 5. The van der Waals surface area contributed by atoms with Gasteiger partial charge in [0.1, 0.15) is 0 Å². The van der Waals surface area contributed by atoms with E-state index in [1.807, 2.05) is 7.05 Å². The van der Waals surface area contributed by atoms with Crippen LogP contribution < -0.4 is 5.32 Å². The summed E-state index contributed by atoms with van der Waals surface area (Å²) in [6.07, 6.45) is 2.40. The third-order valence-corrected chi connectivity index (χ3v) is 1.89. The molecule has 0 amide bonds. The molecule has 0 atom stereocenters. The van der Waals surface area contributed by atoms with E-state index in [2.05, 4.69) is 10.3 Å². The molecular formula is C10H13FN2O. The molecule has 0 radical (unpaired) electrons. The quantitative estimate of drug-likeness (QED) is 0.439. The highest BCUT2D eigenvalue weighted by Gasteiger charge is 2.10. The molecule has 1 N–H and O–H groups in total. The Morgan fingerprint density at radius 1 is 1.64 bits per heavy atom. The zero-order valence-electron chi connectivity index (χ0n) is 8.09. The fraction of sp³-hybridized carbons (Fsp3) is 0.400. The van der Waals surface area contributed by atoms with Crippen LogP contribution in [0.1, 0.15) is 23.2 Å². The van der Waals surface area contributed by atoms with Crippen molar-refractivity contribution < 1.29 is 9.18 Å². The average molecular weight is 196 g/mol. The van der Waals surface area contributed by atoms with Crippen LogP contribution >= 0.6 is 0 Å². The van der Waals surface area contributed by atoms with E-state index in [0.717, 1.165) is 6.54 Å². The highest BCUT2D eigenvalue weighted by molar-refractivity contribution is 5.95. The Morgan fingerprint density at radius 3 is 3.07 bits per heavy atom. The second-order valence-corrected chi connectivity index (χ2v) is 2.97. The van der Waals surface area contributed by atoms with Crippen molar-refractivity contribution in [3.8, 4) is 0 Å². The molecule has 14 heavy (non-hydrogen) atoms. The van der Waals surface area contributed by atoms with E-state index < -0.39 is 5.95 Å². The van der Waals surface area contributed by atoms with Crippen LogP contribution in [0.2, 0.25) is 0 Å². The number of nitrogens with zero attached hydrogens (tertiary/aromatic N) is 1. The van der Waals surface area contributed by atoms with Crippen molar-refractivity contribution in [2.24, 2.45) is 0 Å². The van der Waals surface area contributed by atoms with E-state index in [-0.39, 0.29) is 11.3 Å². The second-order valence-electron chi connectivity index (χ2n) is 2.97. The summed E-state index contributed by atoms with van der Waals surface area (Å²) in [5, 5.41) is 2.93. The highest BCUT2D eigenvalue weighted by Crippen LogP contribution is 2.07. The first kappa shape index (κ1) is 10.8. The average Bonchev–Trinajstić information content (AvgIpc) is 2.18. The summed E-state index contributed by atoms with van der Waals surface area (Å²) in [4.78, 5) is 14.9. The maximum Gasteiger partial charge on any atom is 0.223 e. The minimum atomic E-state index is -0.679. The number of halogens is 1. The number of pyridine rings is 1. The molecule has 1 rings (SSSR count). The van der Waals surface area contributed by atoms with Gasteiger partial charge in [-0.2, -0.15) is 4.39 Å². The van der Waals surface area contributed by atoms with Crippen molar-refractivity contribution in [1.29, 1.82) is 0 Å². The largest absolute Gasteiger partial charge is 0.320 e. The predicted octanol–water partition coefficient (Wildman–Crippen LogP) is 1.40. The fourth-order valence-electron chi connectivity index (χ4n) is 1.15. The van der Waals surface area contributed by atoms with Crippen molar-refractivity contribution in [3.05, 3.63) is 29.8 Å². The number of carbonyl (C=O) groups is 1. The van der Waals surface area contributed by atoms with Crippen molar-refractivity contribution >= 4 is 5.78 Å². The number of hydrogen-bond acceptors (Lipinski definition) is 3. The van der Waals surface area contributed by atoms with Crippen LogP contribution in [0.5, 0.6) is 0 Å². The minimum Gasteiger partial charge on any atom is -0.320 e. The molecule has 0 aliphatic rings. The lowest BCUT2D eigenvalue weighted by Gasteiger charge is -2.01. The van der Waals surface area contributed by atoms with E-state index in [1.165, 1.54) is 12.3 Å². The van der Waals surface area contributed by atoms with E-state index in [1.54, 1.807) is 6.07 Å². The fourth-order valence-corrected chi connectivity index (χ4v) is 1.15. The molecule has 0 saturated heterocycles. The van der Waals surface area contributed by atoms with Crippen LogP contribution in [-0.2, 0) is 0 Å². The van der Waals surface area contributed by atoms with E-state index in [4.69, 9.17) is 0 Å². The second kappa shape index (κ2) is 5.44. The maximum atomic E-state index is 13.0. The summed E-state index contributed by atoms with van der Waals surface area (Å²) in [7, 11) is 1.81. The van der Waals surface area contributed by atoms with Gasteiger partial charge in [0.2, 0.25) is 5.95 Å². The molecule has 0 aliphatic carbocycles. The molecule has 0 aliphatic heterocycles. The Bertz CT molecular complexity index is 315. The number of carbonyl (C=O) groups excluding carboxylic acids is 1. The van der Waals surface area contributed by atoms with Crippen LogP contribution in [0.4, 0.5) is 4.39 Å². The minimum absolute atomic E-state index is 0.0867. The van der Waals surface area contributed by atoms with Crippen molar-refractivity contribution in [3.63, 3.8) is 0 Å². The summed E-state index contributed by atoms with van der Waals surface area (Å²) in [6.45, 7) is 0.758. The molecule has 1 aromatic heterocycles. The predicted molar refractivity (Wildman–Crippen MR) is 51.7 cm³/mol. The van der Waals surface area contributed by atoms with Crippen molar-refractivity contribution in [2.45, 2.75) is 12.8 Å². The summed E-state index contributed by atoms with van der Waals surface area (Å²) >= 11 is 0. The zero-order valence-corrected chi connectivity index (χ0v) is 8.09. The van der Waals surface area contributed by atoms with Gasteiger partial charge in [-0.15, -0.1) is 0 Å². The van der Waals surface area contributed by atoms with E-state index in [0.29, 0.717) is 12.8 Å². The molecule has 76 valence electrons. The number of hydrogen-bond donors (Lipinski definition) is 1. The molecule has 3 nitrogen and oxygen atoms in total. The Hall–Kier alpha value is -1.29. The van der Waals surface area contributed by atoms with Gasteiger partial charge < -0.3 is 5.32 Å². The standard InChI is InChI=1S/C10H13FN2O/c1-12-6-3-5-9(14)8-4-2-7-13-10(8)11/h2,4,7,12H,3,5-6H2,1H3. The van der Waals surface area contributed by atoms with Crippen molar-refractivity contribution in [2.75, 3.05) is 13.6 Å². The molecule has 0 spiro atoms. The molecule has 1 heterocycles. The first-order valence-corrected chi connectivity index (χ1v) is 4.54. The van der Waals surface area contributed by atoms with Gasteiger partial charge in [-0.3, -0.25) is 4.79 Å². The Morgan fingerprint density at radius 2 is 2.43 bits per heavy atom. The number of ketones is 1. The van der Waals surface area contributed by atoms with Gasteiger partial charge >= 0.3 is 0 Å². The summed E-state index contributed by atoms with van der Waals surface area (Å²) in [5.74, 6) is -0.868.